The molecule has 0 saturated heterocycles. The summed E-state index contributed by atoms with van der Waals surface area (Å²) in [5.74, 6) is -4.67. The van der Waals surface area contributed by atoms with E-state index >= 15 is 0 Å². The zero-order valence-electron chi connectivity index (χ0n) is 15.2. The number of thioether (sulfide) groups is 1. The van der Waals surface area contributed by atoms with Crippen LogP contribution in [0.2, 0.25) is 0 Å². The predicted molar refractivity (Wildman–Crippen MR) is 113 cm³/mol. The summed E-state index contributed by atoms with van der Waals surface area (Å²) in [4.78, 5) is 16.0. The molecule has 12 heteroatoms. The van der Waals surface area contributed by atoms with E-state index in [1.807, 2.05) is 31.2 Å². The first-order valence-electron chi connectivity index (χ1n) is 8.43. The van der Waals surface area contributed by atoms with Crippen LogP contribution in [0.5, 0.6) is 0 Å². The number of nitrogens with zero attached hydrogens (tertiary/aromatic N) is 3. The van der Waals surface area contributed by atoms with Gasteiger partial charge in [0.25, 0.3) is 0 Å². The summed E-state index contributed by atoms with van der Waals surface area (Å²) < 4.78 is 41.0. The number of carbonyl (C=O) groups excluding carboxylic acids is 1. The molecule has 30 heavy (non-hydrogen) atoms. The molecule has 0 radical (unpaired) electrons. The number of nitrogens with one attached hydrogen (secondary N) is 2. The molecule has 6 nitrogen and oxygen atoms in total. The van der Waals surface area contributed by atoms with E-state index in [0.29, 0.717) is 9.47 Å². The Morgan fingerprint density at radius 3 is 2.60 bits per heavy atom. The van der Waals surface area contributed by atoms with Gasteiger partial charge in [0, 0.05) is 5.69 Å². The average molecular weight is 468 g/mol. The van der Waals surface area contributed by atoms with Gasteiger partial charge in [0.15, 0.2) is 26.9 Å². The molecule has 0 atom stereocenters. The van der Waals surface area contributed by atoms with Crippen molar-refractivity contribution in [2.45, 2.75) is 11.3 Å². The number of halogens is 3. The molecule has 2 heterocycles. The molecule has 4 aromatic rings. The van der Waals surface area contributed by atoms with Gasteiger partial charge in [0.05, 0.1) is 10.5 Å². The first-order valence-corrected chi connectivity index (χ1v) is 11.0. The van der Waals surface area contributed by atoms with Crippen LogP contribution >= 0.6 is 34.4 Å². The smallest absolute Gasteiger partial charge is 0.236 e. The Bertz CT molecular complexity index is 1230. The van der Waals surface area contributed by atoms with E-state index in [9.17, 15) is 18.0 Å². The third-order valence-electron chi connectivity index (χ3n) is 3.80. The number of hydrogen-bond acceptors (Lipinski definition) is 8. The van der Waals surface area contributed by atoms with E-state index in [-0.39, 0.29) is 21.1 Å². The Morgan fingerprint density at radius 1 is 1.07 bits per heavy atom. The normalized spacial score (nSPS) is 11.1. The maximum atomic E-state index is 13.8. The molecule has 0 spiro atoms. The molecule has 0 bridgehead atoms. The SMILES string of the molecule is Cc1ccc(Nc2nnc(SCC(=O)Nc3nc4c(F)c(F)c(F)cc4s3)s2)cc1. The van der Waals surface area contributed by atoms with Crippen molar-refractivity contribution < 1.29 is 18.0 Å². The monoisotopic (exact) mass is 467 g/mol. The van der Waals surface area contributed by atoms with Gasteiger partial charge in [-0.1, -0.05) is 52.1 Å². The topological polar surface area (TPSA) is 79.8 Å². The van der Waals surface area contributed by atoms with Crippen molar-refractivity contribution in [1.82, 2.24) is 15.2 Å². The summed E-state index contributed by atoms with van der Waals surface area (Å²) in [6.45, 7) is 2.00. The predicted octanol–water partition coefficient (Wildman–Crippen LogP) is 5.35. The van der Waals surface area contributed by atoms with Crippen LogP contribution in [0.3, 0.4) is 0 Å². The molecule has 2 aromatic carbocycles. The fourth-order valence-electron chi connectivity index (χ4n) is 2.39. The Balaban J connectivity index is 1.35. The van der Waals surface area contributed by atoms with E-state index in [1.165, 1.54) is 23.1 Å². The van der Waals surface area contributed by atoms with Gasteiger partial charge in [0.2, 0.25) is 11.0 Å². The Hall–Kier alpha value is -2.70. The Labute approximate surface area is 180 Å². The minimum atomic E-state index is -1.59. The zero-order chi connectivity index (χ0) is 21.3. The highest BCUT2D eigenvalue weighted by molar-refractivity contribution is 8.01. The summed E-state index contributed by atoms with van der Waals surface area (Å²) in [5, 5.41) is 14.3. The fourth-order valence-corrected chi connectivity index (χ4v) is 4.87. The number of carbonyl (C=O) groups is 1. The van der Waals surface area contributed by atoms with Gasteiger partial charge in [-0.3, -0.25) is 4.79 Å². The van der Waals surface area contributed by atoms with Crippen LogP contribution in [0.1, 0.15) is 5.56 Å². The van der Waals surface area contributed by atoms with Gasteiger partial charge >= 0.3 is 0 Å². The van der Waals surface area contributed by atoms with Crippen molar-refractivity contribution in [2.24, 2.45) is 0 Å². The maximum Gasteiger partial charge on any atom is 0.236 e. The lowest BCUT2D eigenvalue weighted by atomic mass is 10.2. The second kappa shape index (κ2) is 8.58. The third-order valence-corrected chi connectivity index (χ3v) is 6.69. The van der Waals surface area contributed by atoms with Crippen molar-refractivity contribution in [3.05, 3.63) is 53.3 Å². The zero-order valence-corrected chi connectivity index (χ0v) is 17.7. The maximum absolute atomic E-state index is 13.8. The summed E-state index contributed by atoms with van der Waals surface area (Å²) in [7, 11) is 0. The van der Waals surface area contributed by atoms with Crippen molar-refractivity contribution >= 4 is 66.5 Å². The van der Waals surface area contributed by atoms with Gasteiger partial charge in [-0.05, 0) is 25.1 Å². The minimum absolute atomic E-state index is 0.0142. The van der Waals surface area contributed by atoms with Crippen LogP contribution in [0.25, 0.3) is 10.2 Å². The molecular weight excluding hydrogens is 455 g/mol. The lowest BCUT2D eigenvalue weighted by molar-refractivity contribution is -0.113. The molecule has 0 unspecified atom stereocenters. The Morgan fingerprint density at radius 2 is 1.83 bits per heavy atom. The second-order valence-electron chi connectivity index (χ2n) is 6.05. The number of thiazole rings is 1. The number of rotatable bonds is 6. The highest BCUT2D eigenvalue weighted by Crippen LogP contribution is 2.31. The summed E-state index contributed by atoms with van der Waals surface area (Å²) >= 11 is 3.32. The van der Waals surface area contributed by atoms with Crippen molar-refractivity contribution in [1.29, 1.82) is 0 Å². The van der Waals surface area contributed by atoms with Gasteiger partial charge in [-0.25, -0.2) is 18.2 Å². The molecule has 0 fully saturated rings. The number of amides is 1. The molecular formula is C18H12F3N5OS3. The molecule has 1 amide bonds. The second-order valence-corrected chi connectivity index (χ2v) is 9.28. The van der Waals surface area contributed by atoms with Gasteiger partial charge in [0.1, 0.15) is 5.52 Å². The quantitative estimate of drug-likeness (QED) is 0.294. The first kappa shape index (κ1) is 20.6. The number of anilines is 3. The van der Waals surface area contributed by atoms with Crippen LogP contribution in [0.15, 0.2) is 34.7 Å². The summed E-state index contributed by atoms with van der Waals surface area (Å²) in [6.07, 6.45) is 0. The Kier molecular flexibility index (Phi) is 5.88. The van der Waals surface area contributed by atoms with Crippen LogP contribution < -0.4 is 10.6 Å². The molecule has 0 saturated carbocycles. The van der Waals surface area contributed by atoms with Crippen molar-refractivity contribution in [3.8, 4) is 0 Å². The summed E-state index contributed by atoms with van der Waals surface area (Å²) in [6, 6.07) is 8.64. The van der Waals surface area contributed by atoms with Gasteiger partial charge in [-0.2, -0.15) is 0 Å². The van der Waals surface area contributed by atoms with Crippen molar-refractivity contribution in [2.75, 3.05) is 16.4 Å². The largest absolute Gasteiger partial charge is 0.330 e. The molecule has 2 N–H and O–H groups in total. The highest BCUT2D eigenvalue weighted by atomic mass is 32.2. The molecule has 0 aliphatic heterocycles. The minimum Gasteiger partial charge on any atom is -0.330 e. The van der Waals surface area contributed by atoms with Crippen LogP contribution in [-0.2, 0) is 4.79 Å². The average Bonchev–Trinajstić information content (AvgIpc) is 3.33. The van der Waals surface area contributed by atoms with Crippen LogP contribution in [-0.4, -0.2) is 26.8 Å². The highest BCUT2D eigenvalue weighted by Gasteiger charge is 2.18. The molecule has 2 aromatic heterocycles. The first-order chi connectivity index (χ1) is 14.4. The third kappa shape index (κ3) is 4.55. The lowest BCUT2D eigenvalue weighted by Crippen LogP contribution is -2.13. The number of hydrogen-bond donors (Lipinski definition) is 2. The number of aryl methyl sites for hydroxylation is 1. The van der Waals surface area contributed by atoms with E-state index < -0.39 is 23.4 Å². The number of fused-ring (bicyclic) bond motifs is 1. The van der Waals surface area contributed by atoms with Crippen LogP contribution in [0.4, 0.5) is 29.1 Å². The standard InChI is InChI=1S/C18H12F3N5OS3/c1-8-2-4-9(5-3-8)22-17-25-26-18(30-17)28-7-12(27)23-16-24-15-11(29-16)6-10(19)13(20)14(15)21/h2-6H,7H2,1H3,(H,22,25)(H,23,24,27). The number of benzene rings is 2. The molecule has 4 rings (SSSR count). The van der Waals surface area contributed by atoms with E-state index in [1.54, 1.807) is 0 Å². The number of aromatic nitrogens is 3. The van der Waals surface area contributed by atoms with Gasteiger partial charge in [-0.15, -0.1) is 10.2 Å². The summed E-state index contributed by atoms with van der Waals surface area (Å²) in [5.41, 5.74) is 1.70. The fraction of sp³-hybridized carbons (Fsp3) is 0.111. The molecule has 0 aliphatic rings. The van der Waals surface area contributed by atoms with Crippen molar-refractivity contribution in [3.63, 3.8) is 0 Å². The lowest BCUT2D eigenvalue weighted by Gasteiger charge is -2.01. The molecule has 0 aliphatic carbocycles. The van der Waals surface area contributed by atoms with E-state index in [0.717, 1.165) is 28.7 Å². The molecule has 154 valence electrons. The van der Waals surface area contributed by atoms with E-state index in [4.69, 9.17) is 0 Å². The van der Waals surface area contributed by atoms with Gasteiger partial charge < -0.3 is 10.6 Å². The van der Waals surface area contributed by atoms with Crippen LogP contribution in [0, 0.1) is 24.4 Å². The van der Waals surface area contributed by atoms with E-state index in [2.05, 4.69) is 25.8 Å².